The van der Waals surface area contributed by atoms with E-state index in [1.54, 1.807) is 7.11 Å². The van der Waals surface area contributed by atoms with Crippen LogP contribution in [0.2, 0.25) is 0 Å². The molecule has 19 heavy (non-hydrogen) atoms. The molecule has 0 saturated heterocycles. The van der Waals surface area contributed by atoms with Crippen molar-refractivity contribution >= 4 is 5.97 Å². The zero-order valence-corrected chi connectivity index (χ0v) is 12.0. The first-order valence-corrected chi connectivity index (χ1v) is 6.44. The van der Waals surface area contributed by atoms with Crippen molar-refractivity contribution in [2.75, 3.05) is 7.11 Å². The molecule has 4 nitrogen and oxygen atoms in total. The molecule has 0 amide bonds. The normalized spacial score (nSPS) is 14.9. The fourth-order valence-electron chi connectivity index (χ4n) is 2.12. The molecule has 1 rings (SSSR count). The van der Waals surface area contributed by atoms with E-state index in [9.17, 15) is 9.90 Å². The molecule has 0 fully saturated rings. The fraction of sp³-hybridized carbons (Fsp3) is 0.533. The monoisotopic (exact) mass is 265 g/mol. The fourth-order valence-corrected chi connectivity index (χ4v) is 2.12. The summed E-state index contributed by atoms with van der Waals surface area (Å²) in [5, 5.41) is 12.5. The Kier molecular flexibility index (Phi) is 5.51. The van der Waals surface area contributed by atoms with Crippen LogP contribution in [0.5, 0.6) is 0 Å². The lowest BCUT2D eigenvalue weighted by molar-refractivity contribution is -0.140. The number of ether oxygens (including phenoxy) is 1. The Labute approximate surface area is 114 Å². The number of benzene rings is 1. The molecule has 0 heterocycles. The van der Waals surface area contributed by atoms with Crippen LogP contribution >= 0.6 is 0 Å². The lowest BCUT2D eigenvalue weighted by Crippen LogP contribution is -2.40. The van der Waals surface area contributed by atoms with Crippen LogP contribution in [0.15, 0.2) is 30.3 Å². The third kappa shape index (κ3) is 5.01. The summed E-state index contributed by atoms with van der Waals surface area (Å²) in [6.45, 7) is 5.95. The molecule has 2 N–H and O–H groups in total. The molecule has 0 bridgehead atoms. The van der Waals surface area contributed by atoms with Crippen LogP contribution in [0.3, 0.4) is 0 Å². The van der Waals surface area contributed by atoms with Crippen molar-refractivity contribution in [1.82, 2.24) is 5.32 Å². The average molecular weight is 265 g/mol. The topological polar surface area (TPSA) is 58.6 Å². The molecule has 0 aliphatic carbocycles. The van der Waals surface area contributed by atoms with Crippen molar-refractivity contribution in [2.24, 2.45) is 0 Å². The summed E-state index contributed by atoms with van der Waals surface area (Å²) in [4.78, 5) is 11.4. The van der Waals surface area contributed by atoms with Gasteiger partial charge in [-0.2, -0.15) is 0 Å². The van der Waals surface area contributed by atoms with E-state index in [-0.39, 0.29) is 11.6 Å². The second-order valence-corrected chi connectivity index (χ2v) is 5.42. The maximum atomic E-state index is 11.4. The number of carbonyl (C=O) groups is 1. The SMILES string of the molecule is COC(C)(C)CC(C)NC(C(=O)O)c1ccccc1. The molecule has 1 aromatic rings. The first-order valence-electron chi connectivity index (χ1n) is 6.44. The maximum Gasteiger partial charge on any atom is 0.325 e. The van der Waals surface area contributed by atoms with E-state index in [0.29, 0.717) is 0 Å². The predicted octanol–water partition coefficient (Wildman–Crippen LogP) is 2.61. The van der Waals surface area contributed by atoms with E-state index < -0.39 is 12.0 Å². The van der Waals surface area contributed by atoms with Gasteiger partial charge < -0.3 is 9.84 Å². The van der Waals surface area contributed by atoms with E-state index in [1.807, 2.05) is 51.1 Å². The Morgan fingerprint density at radius 1 is 1.37 bits per heavy atom. The Morgan fingerprint density at radius 3 is 2.42 bits per heavy atom. The van der Waals surface area contributed by atoms with Gasteiger partial charge in [0.15, 0.2) is 0 Å². The van der Waals surface area contributed by atoms with E-state index in [0.717, 1.165) is 12.0 Å². The zero-order chi connectivity index (χ0) is 14.5. The van der Waals surface area contributed by atoms with E-state index in [2.05, 4.69) is 5.32 Å². The molecule has 2 atom stereocenters. The van der Waals surface area contributed by atoms with E-state index in [1.165, 1.54) is 0 Å². The highest BCUT2D eigenvalue weighted by Crippen LogP contribution is 2.19. The molecular formula is C15H23NO3. The van der Waals surface area contributed by atoms with Gasteiger partial charge in [0, 0.05) is 13.2 Å². The van der Waals surface area contributed by atoms with Gasteiger partial charge in [0.2, 0.25) is 0 Å². The van der Waals surface area contributed by atoms with E-state index in [4.69, 9.17) is 4.74 Å². The van der Waals surface area contributed by atoms with Gasteiger partial charge >= 0.3 is 5.97 Å². The summed E-state index contributed by atoms with van der Waals surface area (Å²) >= 11 is 0. The highest BCUT2D eigenvalue weighted by molar-refractivity contribution is 5.75. The van der Waals surface area contributed by atoms with Crippen molar-refractivity contribution in [3.63, 3.8) is 0 Å². The average Bonchev–Trinajstić information content (AvgIpc) is 2.36. The number of hydrogen-bond donors (Lipinski definition) is 2. The van der Waals surface area contributed by atoms with Crippen LogP contribution in [-0.2, 0) is 9.53 Å². The highest BCUT2D eigenvalue weighted by Gasteiger charge is 2.25. The van der Waals surface area contributed by atoms with Gasteiger partial charge in [-0.3, -0.25) is 10.1 Å². The van der Waals surface area contributed by atoms with Crippen molar-refractivity contribution in [2.45, 2.75) is 44.9 Å². The van der Waals surface area contributed by atoms with E-state index >= 15 is 0 Å². The number of hydrogen-bond acceptors (Lipinski definition) is 3. The van der Waals surface area contributed by atoms with Crippen molar-refractivity contribution in [3.8, 4) is 0 Å². The minimum absolute atomic E-state index is 0.0382. The second-order valence-electron chi connectivity index (χ2n) is 5.42. The molecular weight excluding hydrogens is 242 g/mol. The number of methoxy groups -OCH3 is 1. The Morgan fingerprint density at radius 2 is 1.95 bits per heavy atom. The van der Waals surface area contributed by atoms with Crippen LogP contribution in [0.4, 0.5) is 0 Å². The first kappa shape index (κ1) is 15.7. The van der Waals surface area contributed by atoms with Crippen molar-refractivity contribution < 1.29 is 14.6 Å². The van der Waals surface area contributed by atoms with Crippen molar-refractivity contribution in [1.29, 1.82) is 0 Å². The molecule has 0 aliphatic rings. The zero-order valence-electron chi connectivity index (χ0n) is 12.0. The summed E-state index contributed by atoms with van der Waals surface area (Å²) in [6, 6.07) is 8.55. The van der Waals surface area contributed by atoms with Gasteiger partial charge in [-0.05, 0) is 32.8 Å². The van der Waals surface area contributed by atoms with Crippen LogP contribution < -0.4 is 5.32 Å². The predicted molar refractivity (Wildman–Crippen MR) is 75.1 cm³/mol. The summed E-state index contributed by atoms with van der Waals surface area (Å²) in [5.41, 5.74) is 0.490. The van der Waals surface area contributed by atoms with Gasteiger partial charge in [-0.15, -0.1) is 0 Å². The summed E-state index contributed by atoms with van der Waals surface area (Å²) in [7, 11) is 1.67. The summed E-state index contributed by atoms with van der Waals surface area (Å²) in [6.07, 6.45) is 0.736. The molecule has 0 radical (unpaired) electrons. The standard InChI is InChI=1S/C15H23NO3/c1-11(10-15(2,3)19-4)16-13(14(17)18)12-8-6-5-7-9-12/h5-9,11,13,16H,10H2,1-4H3,(H,17,18). The van der Waals surface area contributed by atoms with Gasteiger partial charge in [0.1, 0.15) is 6.04 Å². The number of carboxylic acid groups (broad SMARTS) is 1. The number of carboxylic acids is 1. The first-order chi connectivity index (χ1) is 8.85. The summed E-state index contributed by atoms with van der Waals surface area (Å²) in [5.74, 6) is -0.867. The molecule has 1 aromatic carbocycles. The molecule has 0 aromatic heterocycles. The molecule has 4 heteroatoms. The maximum absolute atomic E-state index is 11.4. The minimum atomic E-state index is -0.867. The largest absolute Gasteiger partial charge is 0.480 e. The molecule has 0 aliphatic heterocycles. The highest BCUT2D eigenvalue weighted by atomic mass is 16.5. The Hall–Kier alpha value is -1.39. The van der Waals surface area contributed by atoms with Crippen LogP contribution in [0, 0.1) is 0 Å². The minimum Gasteiger partial charge on any atom is -0.480 e. The smallest absolute Gasteiger partial charge is 0.325 e. The number of rotatable bonds is 7. The number of nitrogens with one attached hydrogen (secondary N) is 1. The molecule has 106 valence electrons. The van der Waals surface area contributed by atoms with Crippen LogP contribution in [0.1, 0.15) is 38.8 Å². The molecule has 2 unspecified atom stereocenters. The van der Waals surface area contributed by atoms with Crippen LogP contribution in [0.25, 0.3) is 0 Å². The summed E-state index contributed by atoms with van der Waals surface area (Å²) < 4.78 is 5.37. The lowest BCUT2D eigenvalue weighted by Gasteiger charge is -2.29. The molecule has 0 saturated carbocycles. The molecule has 0 spiro atoms. The van der Waals surface area contributed by atoms with Crippen LogP contribution in [-0.4, -0.2) is 29.8 Å². The van der Waals surface area contributed by atoms with Gasteiger partial charge in [0.05, 0.1) is 5.60 Å². The second kappa shape index (κ2) is 6.68. The quantitative estimate of drug-likeness (QED) is 0.795. The Bertz CT molecular complexity index is 403. The number of aliphatic carboxylic acids is 1. The van der Waals surface area contributed by atoms with Gasteiger partial charge in [0.25, 0.3) is 0 Å². The van der Waals surface area contributed by atoms with Gasteiger partial charge in [-0.25, -0.2) is 0 Å². The third-order valence-corrected chi connectivity index (χ3v) is 3.18. The lowest BCUT2D eigenvalue weighted by atomic mass is 9.98. The van der Waals surface area contributed by atoms with Gasteiger partial charge in [-0.1, -0.05) is 30.3 Å². The Balaban J connectivity index is 2.73. The van der Waals surface area contributed by atoms with Crippen molar-refractivity contribution in [3.05, 3.63) is 35.9 Å². The third-order valence-electron chi connectivity index (χ3n) is 3.18.